The van der Waals surface area contributed by atoms with Gasteiger partial charge in [-0.1, -0.05) is 22.9 Å². The van der Waals surface area contributed by atoms with Crippen LogP contribution in [-0.4, -0.2) is 26.8 Å². The van der Waals surface area contributed by atoms with Crippen molar-refractivity contribution in [2.24, 2.45) is 12.9 Å². The fourth-order valence-electron chi connectivity index (χ4n) is 1.74. The van der Waals surface area contributed by atoms with E-state index in [9.17, 15) is 0 Å². The first-order chi connectivity index (χ1) is 9.17. The highest BCUT2D eigenvalue weighted by Gasteiger charge is 2.10. The van der Waals surface area contributed by atoms with E-state index < -0.39 is 0 Å². The van der Waals surface area contributed by atoms with E-state index in [4.69, 9.17) is 5.84 Å². The second-order valence-electron chi connectivity index (χ2n) is 4.58. The number of hydrogen-bond acceptors (Lipinski definition) is 5. The Bertz CT molecular complexity index is 508. The molecule has 3 N–H and O–H groups in total. The zero-order valence-corrected chi connectivity index (χ0v) is 12.0. The maximum atomic E-state index is 5.60. The molecule has 0 amide bonds. The number of rotatable bonds is 6. The van der Waals surface area contributed by atoms with Crippen molar-refractivity contribution in [3.63, 3.8) is 0 Å². The summed E-state index contributed by atoms with van der Waals surface area (Å²) in [7, 11) is 1.86. The van der Waals surface area contributed by atoms with Gasteiger partial charge in [0, 0.05) is 36.4 Å². The summed E-state index contributed by atoms with van der Waals surface area (Å²) in [5, 5.41) is 8.00. The normalized spacial score (nSPS) is 12.6. The Labute approximate surface area is 117 Å². The van der Waals surface area contributed by atoms with Gasteiger partial charge in [0.25, 0.3) is 0 Å². The van der Waals surface area contributed by atoms with Crippen LogP contribution < -0.4 is 11.3 Å². The van der Waals surface area contributed by atoms with Crippen molar-refractivity contribution >= 4 is 11.8 Å². The quantitative estimate of drug-likeness (QED) is 0.473. The third-order valence-corrected chi connectivity index (χ3v) is 3.99. The smallest absolute Gasteiger partial charge is 0.0843 e. The van der Waals surface area contributed by atoms with Gasteiger partial charge in [-0.3, -0.25) is 16.0 Å². The molecular weight excluding hydrogens is 258 g/mol. The maximum absolute atomic E-state index is 5.60. The summed E-state index contributed by atoms with van der Waals surface area (Å²) < 4.78 is 1.70. The van der Waals surface area contributed by atoms with Crippen LogP contribution in [0.5, 0.6) is 0 Å². The Hall–Kier alpha value is -1.37. The Morgan fingerprint density at radius 1 is 1.37 bits per heavy atom. The van der Waals surface area contributed by atoms with Crippen molar-refractivity contribution < 1.29 is 0 Å². The standard InChI is InChI=1S/C13H19N5S/c1-10-3-5-13(6-4-10)19-9-12(15-14)7-11-8-18(2)17-16-11/h3-6,8,12,15H,7,9,14H2,1-2H3. The summed E-state index contributed by atoms with van der Waals surface area (Å²) in [6.45, 7) is 2.09. The second kappa shape index (κ2) is 6.70. The molecule has 1 heterocycles. The molecule has 0 saturated heterocycles. The summed E-state index contributed by atoms with van der Waals surface area (Å²) in [6, 6.07) is 8.69. The van der Waals surface area contributed by atoms with E-state index in [0.29, 0.717) is 0 Å². The van der Waals surface area contributed by atoms with Crippen molar-refractivity contribution in [3.8, 4) is 0 Å². The fraction of sp³-hybridized carbons (Fsp3) is 0.385. The van der Waals surface area contributed by atoms with Crippen LogP contribution in [0.4, 0.5) is 0 Å². The molecule has 102 valence electrons. The molecule has 0 spiro atoms. The monoisotopic (exact) mass is 277 g/mol. The van der Waals surface area contributed by atoms with Gasteiger partial charge in [0.05, 0.1) is 5.69 Å². The van der Waals surface area contributed by atoms with E-state index in [-0.39, 0.29) is 6.04 Å². The highest BCUT2D eigenvalue weighted by atomic mass is 32.2. The molecule has 19 heavy (non-hydrogen) atoms. The number of hydrogen-bond donors (Lipinski definition) is 2. The lowest BCUT2D eigenvalue weighted by atomic mass is 10.2. The Balaban J connectivity index is 1.87. The molecule has 0 aliphatic heterocycles. The lowest BCUT2D eigenvalue weighted by Crippen LogP contribution is -2.38. The molecular formula is C13H19N5S. The minimum Gasteiger partial charge on any atom is -0.271 e. The fourth-order valence-corrected chi connectivity index (χ4v) is 2.67. The number of thioether (sulfide) groups is 1. The first-order valence-electron chi connectivity index (χ1n) is 6.18. The molecule has 1 aromatic carbocycles. The molecule has 6 heteroatoms. The van der Waals surface area contributed by atoms with Gasteiger partial charge in [-0.15, -0.1) is 16.9 Å². The zero-order valence-electron chi connectivity index (χ0n) is 11.2. The number of aromatic nitrogens is 3. The van der Waals surface area contributed by atoms with Gasteiger partial charge < -0.3 is 0 Å². The first-order valence-corrected chi connectivity index (χ1v) is 7.16. The van der Waals surface area contributed by atoms with Gasteiger partial charge in [0.15, 0.2) is 0 Å². The molecule has 0 saturated carbocycles. The van der Waals surface area contributed by atoms with Crippen LogP contribution in [-0.2, 0) is 13.5 Å². The van der Waals surface area contributed by atoms with Crippen LogP contribution >= 0.6 is 11.8 Å². The summed E-state index contributed by atoms with van der Waals surface area (Å²) >= 11 is 1.79. The minimum absolute atomic E-state index is 0.183. The number of hydrazine groups is 1. The first kappa shape index (κ1) is 14.0. The van der Waals surface area contributed by atoms with E-state index in [0.717, 1.165) is 17.9 Å². The number of nitrogens with zero attached hydrogens (tertiary/aromatic N) is 3. The average molecular weight is 277 g/mol. The van der Waals surface area contributed by atoms with Gasteiger partial charge >= 0.3 is 0 Å². The zero-order chi connectivity index (χ0) is 13.7. The Morgan fingerprint density at radius 2 is 2.11 bits per heavy atom. The van der Waals surface area contributed by atoms with Gasteiger partial charge in [0.1, 0.15) is 0 Å². The number of nitrogens with two attached hydrogens (primary N) is 1. The van der Waals surface area contributed by atoms with E-state index >= 15 is 0 Å². The molecule has 1 aromatic heterocycles. The minimum atomic E-state index is 0.183. The highest BCUT2D eigenvalue weighted by molar-refractivity contribution is 7.99. The van der Waals surface area contributed by atoms with E-state index in [1.165, 1.54) is 10.5 Å². The second-order valence-corrected chi connectivity index (χ2v) is 5.67. The maximum Gasteiger partial charge on any atom is 0.0843 e. The van der Waals surface area contributed by atoms with Crippen molar-refractivity contribution in [2.45, 2.75) is 24.3 Å². The molecule has 2 rings (SSSR count). The number of benzene rings is 1. The Kier molecular flexibility index (Phi) is 4.95. The van der Waals surface area contributed by atoms with Crippen LogP contribution in [0.15, 0.2) is 35.4 Å². The lowest BCUT2D eigenvalue weighted by Gasteiger charge is -2.13. The van der Waals surface area contributed by atoms with Gasteiger partial charge in [-0.2, -0.15) is 0 Å². The van der Waals surface area contributed by atoms with E-state index in [1.54, 1.807) is 16.4 Å². The van der Waals surface area contributed by atoms with Crippen LogP contribution in [0.2, 0.25) is 0 Å². The van der Waals surface area contributed by atoms with Crippen molar-refractivity contribution in [1.29, 1.82) is 0 Å². The summed E-state index contributed by atoms with van der Waals surface area (Å²) in [4.78, 5) is 1.25. The van der Waals surface area contributed by atoms with Gasteiger partial charge in [-0.05, 0) is 19.1 Å². The largest absolute Gasteiger partial charge is 0.271 e. The van der Waals surface area contributed by atoms with Crippen molar-refractivity contribution in [2.75, 3.05) is 5.75 Å². The lowest BCUT2D eigenvalue weighted by molar-refractivity contribution is 0.568. The molecule has 1 unspecified atom stereocenters. The topological polar surface area (TPSA) is 68.8 Å². The SMILES string of the molecule is Cc1ccc(SCC(Cc2cn(C)nn2)NN)cc1. The van der Waals surface area contributed by atoms with E-state index in [1.807, 2.05) is 13.2 Å². The van der Waals surface area contributed by atoms with Crippen LogP contribution in [0, 0.1) is 6.92 Å². The Morgan fingerprint density at radius 3 is 2.68 bits per heavy atom. The van der Waals surface area contributed by atoms with Crippen LogP contribution in [0.1, 0.15) is 11.3 Å². The molecule has 0 fully saturated rings. The summed E-state index contributed by atoms with van der Waals surface area (Å²) in [5.74, 6) is 6.50. The molecule has 1 atom stereocenters. The highest BCUT2D eigenvalue weighted by Crippen LogP contribution is 2.19. The molecule has 0 aliphatic carbocycles. The molecule has 2 aromatic rings. The molecule has 5 nitrogen and oxygen atoms in total. The van der Waals surface area contributed by atoms with Gasteiger partial charge in [0.2, 0.25) is 0 Å². The van der Waals surface area contributed by atoms with Crippen LogP contribution in [0.3, 0.4) is 0 Å². The van der Waals surface area contributed by atoms with E-state index in [2.05, 4.69) is 46.9 Å². The number of aryl methyl sites for hydroxylation is 2. The van der Waals surface area contributed by atoms with Gasteiger partial charge in [-0.25, -0.2) is 0 Å². The van der Waals surface area contributed by atoms with Crippen molar-refractivity contribution in [3.05, 3.63) is 41.7 Å². The molecule has 0 radical (unpaired) electrons. The third-order valence-electron chi connectivity index (χ3n) is 2.81. The predicted octanol–water partition coefficient (Wildman–Crippen LogP) is 1.29. The summed E-state index contributed by atoms with van der Waals surface area (Å²) in [5.41, 5.74) is 5.07. The molecule has 0 aliphatic rings. The number of nitrogens with one attached hydrogen (secondary N) is 1. The molecule has 0 bridgehead atoms. The van der Waals surface area contributed by atoms with Crippen molar-refractivity contribution in [1.82, 2.24) is 20.4 Å². The van der Waals surface area contributed by atoms with Crippen LogP contribution in [0.25, 0.3) is 0 Å². The average Bonchev–Trinajstić information content (AvgIpc) is 2.82. The third kappa shape index (κ3) is 4.34. The predicted molar refractivity (Wildman–Crippen MR) is 77.7 cm³/mol. The summed E-state index contributed by atoms with van der Waals surface area (Å²) in [6.07, 6.45) is 2.70.